The molecule has 27 heavy (non-hydrogen) atoms. The molecule has 0 unspecified atom stereocenters. The van der Waals surface area contributed by atoms with Gasteiger partial charge in [-0.1, -0.05) is 50.3 Å². The summed E-state index contributed by atoms with van der Waals surface area (Å²) in [4.78, 5) is 0.380. The number of rotatable bonds is 8. The molecule has 0 saturated carbocycles. The minimum Gasteiger partial charge on any atom is -0.468 e. The van der Waals surface area contributed by atoms with Gasteiger partial charge in [0.1, 0.15) is 5.76 Å². The molecule has 2 heterocycles. The van der Waals surface area contributed by atoms with E-state index < -0.39 is 10.0 Å². The number of furan rings is 1. The summed E-state index contributed by atoms with van der Waals surface area (Å²) in [6.45, 7) is 4.17. The van der Waals surface area contributed by atoms with Crippen molar-refractivity contribution in [3.8, 4) is 0 Å². The van der Waals surface area contributed by atoms with Crippen LogP contribution in [0.4, 0.5) is 0 Å². The zero-order valence-corrected chi connectivity index (χ0v) is 17.2. The fraction of sp³-hybridized carbons (Fsp3) is 0.545. The number of sulfonamides is 1. The minimum atomic E-state index is -3.57. The zero-order chi connectivity index (χ0) is 19.3. The number of aryl methyl sites for hydroxylation is 1. The number of piperidine rings is 1. The van der Waals surface area contributed by atoms with Gasteiger partial charge in [-0.2, -0.15) is 4.31 Å². The largest absolute Gasteiger partial charge is 0.468 e. The smallest absolute Gasteiger partial charge is 0.243 e. The summed E-state index contributed by atoms with van der Waals surface area (Å²) in [5.41, 5.74) is 1.06. The number of benzene rings is 1. The SMILES string of the molecule is CCCCCC[C@H]1CCC[C@@H](c2ccco2)N1S(=O)(=O)c1ccc(C)cc1. The molecule has 2 aromatic rings. The summed E-state index contributed by atoms with van der Waals surface area (Å²) >= 11 is 0. The molecule has 1 fully saturated rings. The molecule has 0 N–H and O–H groups in total. The van der Waals surface area contributed by atoms with Gasteiger partial charge in [-0.25, -0.2) is 8.42 Å². The maximum Gasteiger partial charge on any atom is 0.243 e. The second kappa shape index (κ2) is 9.07. The van der Waals surface area contributed by atoms with Crippen LogP contribution < -0.4 is 0 Å². The molecule has 1 aromatic heterocycles. The van der Waals surface area contributed by atoms with Crippen LogP contribution in [0.5, 0.6) is 0 Å². The lowest BCUT2D eigenvalue weighted by molar-refractivity contribution is 0.151. The van der Waals surface area contributed by atoms with Gasteiger partial charge in [-0.3, -0.25) is 0 Å². The normalized spacial score (nSPS) is 21.4. The van der Waals surface area contributed by atoms with Gasteiger partial charge in [0.25, 0.3) is 0 Å². The summed E-state index contributed by atoms with van der Waals surface area (Å²) in [6.07, 6.45) is 9.95. The molecule has 0 radical (unpaired) electrons. The maximum absolute atomic E-state index is 13.6. The zero-order valence-electron chi connectivity index (χ0n) is 16.4. The Hall–Kier alpha value is -1.59. The second-order valence-electron chi connectivity index (χ2n) is 7.61. The number of hydrogen-bond donors (Lipinski definition) is 0. The monoisotopic (exact) mass is 389 g/mol. The molecule has 1 aromatic carbocycles. The van der Waals surface area contributed by atoms with Crippen LogP contribution in [0.25, 0.3) is 0 Å². The molecule has 1 saturated heterocycles. The van der Waals surface area contributed by atoms with Crippen LogP contribution in [0.3, 0.4) is 0 Å². The first-order chi connectivity index (χ1) is 13.0. The first-order valence-electron chi connectivity index (χ1n) is 10.2. The molecule has 3 rings (SSSR count). The third-order valence-electron chi connectivity index (χ3n) is 5.54. The number of unbranched alkanes of at least 4 members (excludes halogenated alkanes) is 3. The Morgan fingerprint density at radius 3 is 2.52 bits per heavy atom. The summed E-state index contributed by atoms with van der Waals surface area (Å²) in [7, 11) is -3.57. The van der Waals surface area contributed by atoms with Crippen molar-refractivity contribution in [1.82, 2.24) is 4.31 Å². The van der Waals surface area contributed by atoms with Gasteiger partial charge in [0.05, 0.1) is 17.2 Å². The van der Waals surface area contributed by atoms with E-state index in [1.807, 2.05) is 31.2 Å². The Morgan fingerprint density at radius 2 is 1.85 bits per heavy atom. The molecule has 0 amide bonds. The topological polar surface area (TPSA) is 50.5 Å². The Morgan fingerprint density at radius 1 is 1.07 bits per heavy atom. The molecule has 5 heteroatoms. The average molecular weight is 390 g/mol. The van der Waals surface area contributed by atoms with Crippen LogP contribution in [0.2, 0.25) is 0 Å². The Bertz CT molecular complexity index is 797. The standard InChI is InChI=1S/C22H31NO3S/c1-3-4-5-6-9-19-10-7-11-21(22-12-8-17-26-22)23(19)27(24,25)20-15-13-18(2)14-16-20/h8,12-17,19,21H,3-7,9-11H2,1-2H3/t19-,21-/m0/s1. The van der Waals surface area contributed by atoms with Crippen LogP contribution in [0.15, 0.2) is 52.0 Å². The number of nitrogens with zero attached hydrogens (tertiary/aromatic N) is 1. The van der Waals surface area contributed by atoms with E-state index in [9.17, 15) is 8.42 Å². The van der Waals surface area contributed by atoms with Crippen molar-refractivity contribution in [3.63, 3.8) is 0 Å². The van der Waals surface area contributed by atoms with Gasteiger partial charge >= 0.3 is 0 Å². The third-order valence-corrected chi connectivity index (χ3v) is 7.52. The molecule has 148 valence electrons. The highest BCUT2D eigenvalue weighted by Gasteiger charge is 2.41. The fourth-order valence-electron chi connectivity index (χ4n) is 4.08. The van der Waals surface area contributed by atoms with E-state index >= 15 is 0 Å². The van der Waals surface area contributed by atoms with E-state index in [1.54, 1.807) is 22.7 Å². The van der Waals surface area contributed by atoms with Crippen LogP contribution >= 0.6 is 0 Å². The Kier molecular flexibility index (Phi) is 6.77. The minimum absolute atomic E-state index is 0.0389. The lowest BCUT2D eigenvalue weighted by Crippen LogP contribution is -2.45. The number of hydrogen-bond acceptors (Lipinski definition) is 3. The highest BCUT2D eigenvalue weighted by atomic mass is 32.2. The van der Waals surface area contributed by atoms with Gasteiger partial charge in [-0.15, -0.1) is 0 Å². The summed E-state index contributed by atoms with van der Waals surface area (Å²) in [6, 6.07) is 10.8. The van der Waals surface area contributed by atoms with E-state index in [0.717, 1.165) is 49.8 Å². The Balaban J connectivity index is 1.92. The lowest BCUT2D eigenvalue weighted by atomic mass is 9.93. The van der Waals surface area contributed by atoms with Gasteiger partial charge in [0.2, 0.25) is 10.0 Å². The summed E-state index contributed by atoms with van der Waals surface area (Å²) < 4.78 is 34.6. The molecule has 1 aliphatic heterocycles. The van der Waals surface area contributed by atoms with Crippen LogP contribution in [-0.2, 0) is 10.0 Å². The lowest BCUT2D eigenvalue weighted by Gasteiger charge is -2.40. The highest BCUT2D eigenvalue weighted by Crippen LogP contribution is 2.40. The van der Waals surface area contributed by atoms with Crippen molar-refractivity contribution in [2.45, 2.75) is 82.2 Å². The first-order valence-corrected chi connectivity index (χ1v) is 11.6. The molecule has 1 aliphatic rings. The summed E-state index contributed by atoms with van der Waals surface area (Å²) in [5, 5.41) is 0. The van der Waals surface area contributed by atoms with Gasteiger partial charge in [-0.05, 0) is 56.9 Å². The van der Waals surface area contributed by atoms with Crippen LogP contribution in [-0.4, -0.2) is 18.8 Å². The maximum atomic E-state index is 13.6. The predicted molar refractivity (Wildman–Crippen MR) is 108 cm³/mol. The van der Waals surface area contributed by atoms with E-state index in [0.29, 0.717) is 4.90 Å². The third kappa shape index (κ3) is 4.64. The molecule has 2 atom stereocenters. The van der Waals surface area contributed by atoms with Crippen molar-refractivity contribution < 1.29 is 12.8 Å². The van der Waals surface area contributed by atoms with Crippen molar-refractivity contribution in [2.75, 3.05) is 0 Å². The van der Waals surface area contributed by atoms with E-state index in [2.05, 4.69) is 6.92 Å². The van der Waals surface area contributed by atoms with Gasteiger partial charge in [0, 0.05) is 6.04 Å². The van der Waals surface area contributed by atoms with Crippen LogP contribution in [0, 0.1) is 6.92 Å². The van der Waals surface area contributed by atoms with Crippen molar-refractivity contribution in [3.05, 3.63) is 54.0 Å². The predicted octanol–water partition coefficient (Wildman–Crippen LogP) is 5.84. The van der Waals surface area contributed by atoms with Gasteiger partial charge in [0.15, 0.2) is 0 Å². The van der Waals surface area contributed by atoms with Crippen molar-refractivity contribution >= 4 is 10.0 Å². The van der Waals surface area contributed by atoms with E-state index in [1.165, 1.54) is 12.8 Å². The van der Waals surface area contributed by atoms with Gasteiger partial charge < -0.3 is 4.42 Å². The average Bonchev–Trinajstić information content (AvgIpc) is 3.20. The molecule has 0 bridgehead atoms. The van der Waals surface area contributed by atoms with Crippen LogP contribution in [0.1, 0.15) is 75.7 Å². The molecular weight excluding hydrogens is 358 g/mol. The molecule has 0 aliphatic carbocycles. The first kappa shape index (κ1) is 20.2. The highest BCUT2D eigenvalue weighted by molar-refractivity contribution is 7.89. The fourth-order valence-corrected chi connectivity index (χ4v) is 5.95. The second-order valence-corrected chi connectivity index (χ2v) is 9.46. The quantitative estimate of drug-likeness (QED) is 0.533. The summed E-state index contributed by atoms with van der Waals surface area (Å²) in [5.74, 6) is 0.754. The molecular formula is C22H31NO3S. The van der Waals surface area contributed by atoms with E-state index in [4.69, 9.17) is 4.42 Å². The van der Waals surface area contributed by atoms with E-state index in [-0.39, 0.29) is 12.1 Å². The Labute approximate surface area is 163 Å². The van der Waals surface area contributed by atoms with Crippen molar-refractivity contribution in [1.29, 1.82) is 0 Å². The molecule has 4 nitrogen and oxygen atoms in total. The molecule has 0 spiro atoms. The van der Waals surface area contributed by atoms with Crippen molar-refractivity contribution in [2.24, 2.45) is 0 Å².